The van der Waals surface area contributed by atoms with E-state index in [1.807, 2.05) is 0 Å². The lowest BCUT2D eigenvalue weighted by Crippen LogP contribution is -2.32. The van der Waals surface area contributed by atoms with Gasteiger partial charge in [0.15, 0.2) is 0 Å². The number of H-pyrrole nitrogens is 1. The van der Waals surface area contributed by atoms with Crippen LogP contribution in [0.15, 0.2) is 18.3 Å². The van der Waals surface area contributed by atoms with Gasteiger partial charge in [0.1, 0.15) is 11.9 Å². The van der Waals surface area contributed by atoms with Gasteiger partial charge in [-0.05, 0) is 11.6 Å². The van der Waals surface area contributed by atoms with E-state index >= 15 is 0 Å². The normalized spacial score (nSPS) is 12.5. The van der Waals surface area contributed by atoms with Crippen molar-refractivity contribution in [2.45, 2.75) is 12.5 Å². The molecule has 7 nitrogen and oxygen atoms in total. The number of aliphatic carboxylic acids is 1. The molecule has 100 valence electrons. The van der Waals surface area contributed by atoms with Crippen LogP contribution in [-0.4, -0.2) is 27.0 Å². The third-order valence-corrected chi connectivity index (χ3v) is 2.80. The predicted molar refractivity (Wildman–Crippen MR) is 64.2 cm³/mol. The van der Waals surface area contributed by atoms with Gasteiger partial charge in [-0.15, -0.1) is 0 Å². The molecule has 0 amide bonds. The van der Waals surface area contributed by atoms with E-state index in [1.165, 1.54) is 6.20 Å². The second-order valence-electron chi connectivity index (χ2n) is 4.04. The van der Waals surface area contributed by atoms with Crippen molar-refractivity contribution < 1.29 is 19.2 Å². The summed E-state index contributed by atoms with van der Waals surface area (Å²) in [6, 6.07) is 0.820. The molecule has 0 saturated heterocycles. The molecule has 0 spiro atoms. The Labute approximate surface area is 106 Å². The summed E-state index contributed by atoms with van der Waals surface area (Å²) in [5, 5.41) is 19.7. The monoisotopic (exact) mass is 267 g/mol. The number of halogens is 1. The maximum Gasteiger partial charge on any atom is 0.320 e. The zero-order valence-electron chi connectivity index (χ0n) is 9.59. The third-order valence-electron chi connectivity index (χ3n) is 2.80. The number of rotatable bonds is 4. The standard InChI is InChI=1S/C11H10FN3O4/c12-6-1-2-8(15(18)19)9-5(4-14-10(6)9)3-7(13)11(16)17/h1-2,4,7,14H,3,13H2,(H,16,17). The van der Waals surface area contributed by atoms with Gasteiger partial charge in [0.05, 0.1) is 15.8 Å². The first-order valence-corrected chi connectivity index (χ1v) is 5.33. The van der Waals surface area contributed by atoms with Crippen LogP contribution in [0.2, 0.25) is 0 Å². The average Bonchev–Trinajstić information content (AvgIpc) is 2.74. The van der Waals surface area contributed by atoms with E-state index in [9.17, 15) is 19.3 Å². The van der Waals surface area contributed by atoms with Crippen LogP contribution in [0.1, 0.15) is 5.56 Å². The highest BCUT2D eigenvalue weighted by Crippen LogP contribution is 2.30. The number of carbonyl (C=O) groups is 1. The van der Waals surface area contributed by atoms with Gasteiger partial charge in [-0.2, -0.15) is 0 Å². The second kappa shape index (κ2) is 4.65. The summed E-state index contributed by atoms with van der Waals surface area (Å²) in [5.74, 6) is -1.87. The van der Waals surface area contributed by atoms with Crippen LogP contribution >= 0.6 is 0 Å². The van der Waals surface area contributed by atoms with E-state index < -0.39 is 22.8 Å². The summed E-state index contributed by atoms with van der Waals surface area (Å²) in [5.41, 5.74) is 5.37. The lowest BCUT2D eigenvalue weighted by Gasteiger charge is -2.05. The van der Waals surface area contributed by atoms with Crippen LogP contribution in [-0.2, 0) is 11.2 Å². The van der Waals surface area contributed by atoms with Gasteiger partial charge in [-0.3, -0.25) is 14.9 Å². The molecule has 1 unspecified atom stereocenters. The van der Waals surface area contributed by atoms with Gasteiger partial charge in [0.25, 0.3) is 5.69 Å². The predicted octanol–water partition coefficient (Wildman–Crippen LogP) is 1.17. The molecule has 0 aliphatic heterocycles. The zero-order chi connectivity index (χ0) is 14.2. The Kier molecular flexibility index (Phi) is 3.17. The summed E-state index contributed by atoms with van der Waals surface area (Å²) in [6.07, 6.45) is 1.21. The van der Waals surface area contributed by atoms with Crippen LogP contribution in [0.25, 0.3) is 10.9 Å². The van der Waals surface area contributed by atoms with Crippen molar-refractivity contribution in [3.63, 3.8) is 0 Å². The number of carboxylic acids is 1. The quantitative estimate of drug-likeness (QED) is 0.566. The van der Waals surface area contributed by atoms with Crippen molar-refractivity contribution in [3.05, 3.63) is 39.8 Å². The van der Waals surface area contributed by atoms with Crippen LogP contribution in [0.4, 0.5) is 10.1 Å². The molecular weight excluding hydrogens is 257 g/mol. The molecule has 0 aliphatic rings. The molecule has 0 aliphatic carbocycles. The van der Waals surface area contributed by atoms with E-state index in [0.717, 1.165) is 12.1 Å². The number of nitro benzene ring substituents is 1. The van der Waals surface area contributed by atoms with Crippen molar-refractivity contribution in [2.75, 3.05) is 0 Å². The van der Waals surface area contributed by atoms with Gasteiger partial charge < -0.3 is 15.8 Å². The molecule has 0 bridgehead atoms. The number of nitrogens with two attached hydrogens (primary N) is 1. The molecule has 0 radical (unpaired) electrons. The zero-order valence-corrected chi connectivity index (χ0v) is 9.59. The van der Waals surface area contributed by atoms with Gasteiger partial charge in [-0.25, -0.2) is 4.39 Å². The largest absolute Gasteiger partial charge is 0.480 e. The average molecular weight is 267 g/mol. The number of aromatic nitrogens is 1. The van der Waals surface area contributed by atoms with E-state index in [0.29, 0.717) is 5.56 Å². The van der Waals surface area contributed by atoms with Crippen LogP contribution in [0.5, 0.6) is 0 Å². The molecule has 19 heavy (non-hydrogen) atoms. The van der Waals surface area contributed by atoms with Crippen molar-refractivity contribution in [3.8, 4) is 0 Å². The van der Waals surface area contributed by atoms with Crippen LogP contribution in [0.3, 0.4) is 0 Å². The van der Waals surface area contributed by atoms with Crippen molar-refractivity contribution >= 4 is 22.6 Å². The number of carboxylic acid groups (broad SMARTS) is 1. The molecule has 0 saturated carbocycles. The molecule has 1 aromatic heterocycles. The van der Waals surface area contributed by atoms with Gasteiger partial charge >= 0.3 is 5.97 Å². The molecule has 2 aromatic rings. The number of aromatic amines is 1. The fourth-order valence-corrected chi connectivity index (χ4v) is 1.90. The highest BCUT2D eigenvalue weighted by atomic mass is 19.1. The first kappa shape index (κ1) is 13.0. The van der Waals surface area contributed by atoms with Crippen LogP contribution in [0, 0.1) is 15.9 Å². The number of nitrogens with zero attached hydrogens (tertiary/aromatic N) is 1. The molecule has 8 heteroatoms. The molecule has 1 aromatic carbocycles. The Morgan fingerprint density at radius 1 is 1.58 bits per heavy atom. The Morgan fingerprint density at radius 2 is 2.26 bits per heavy atom. The van der Waals surface area contributed by atoms with Crippen molar-refractivity contribution in [1.82, 2.24) is 4.98 Å². The summed E-state index contributed by atoms with van der Waals surface area (Å²) in [7, 11) is 0. The number of nitro groups is 1. The van der Waals surface area contributed by atoms with E-state index in [1.54, 1.807) is 0 Å². The first-order valence-electron chi connectivity index (χ1n) is 5.33. The summed E-state index contributed by atoms with van der Waals surface area (Å²) in [4.78, 5) is 23.5. The molecule has 2 rings (SSSR count). The maximum atomic E-state index is 13.5. The number of hydrogen-bond donors (Lipinski definition) is 3. The number of fused-ring (bicyclic) bond motifs is 1. The van der Waals surface area contributed by atoms with Crippen LogP contribution < -0.4 is 5.73 Å². The smallest absolute Gasteiger partial charge is 0.320 e. The highest BCUT2D eigenvalue weighted by Gasteiger charge is 2.22. The highest BCUT2D eigenvalue weighted by molar-refractivity contribution is 5.92. The first-order chi connectivity index (χ1) is 8.91. The second-order valence-corrected chi connectivity index (χ2v) is 4.04. The minimum atomic E-state index is -1.23. The maximum absolute atomic E-state index is 13.5. The Bertz CT molecular complexity index is 667. The fourth-order valence-electron chi connectivity index (χ4n) is 1.90. The Hall–Kier alpha value is -2.48. The molecule has 4 N–H and O–H groups in total. The summed E-state index contributed by atoms with van der Waals surface area (Å²) >= 11 is 0. The number of nitrogens with one attached hydrogen (secondary N) is 1. The number of non-ortho nitro benzene ring substituents is 1. The third kappa shape index (κ3) is 2.25. The summed E-state index contributed by atoms with van der Waals surface area (Å²) < 4.78 is 13.5. The van der Waals surface area contributed by atoms with Gasteiger partial charge in [0, 0.05) is 18.7 Å². The van der Waals surface area contributed by atoms with Crippen molar-refractivity contribution in [2.24, 2.45) is 5.73 Å². The minimum absolute atomic E-state index is 0.0261. The Balaban J connectivity index is 2.59. The fraction of sp³-hybridized carbons (Fsp3) is 0.182. The van der Waals surface area contributed by atoms with E-state index in [-0.39, 0.29) is 23.0 Å². The van der Waals surface area contributed by atoms with Gasteiger partial charge in [0.2, 0.25) is 0 Å². The summed E-state index contributed by atoms with van der Waals surface area (Å²) in [6.45, 7) is 0. The molecule has 0 fully saturated rings. The van der Waals surface area contributed by atoms with Crippen molar-refractivity contribution in [1.29, 1.82) is 0 Å². The number of benzene rings is 1. The molecule has 1 heterocycles. The topological polar surface area (TPSA) is 122 Å². The lowest BCUT2D eigenvalue weighted by atomic mass is 10.0. The van der Waals surface area contributed by atoms with Gasteiger partial charge in [-0.1, -0.05) is 0 Å². The SMILES string of the molecule is NC(Cc1c[nH]c2c(F)ccc([N+](=O)[O-])c12)C(=O)O. The molecular formula is C11H10FN3O4. The Morgan fingerprint density at radius 3 is 2.84 bits per heavy atom. The van der Waals surface area contributed by atoms with E-state index in [2.05, 4.69) is 4.98 Å². The van der Waals surface area contributed by atoms with E-state index in [4.69, 9.17) is 10.8 Å². The number of hydrogen-bond acceptors (Lipinski definition) is 4. The molecule has 1 atom stereocenters. The lowest BCUT2D eigenvalue weighted by molar-refractivity contribution is -0.383. The minimum Gasteiger partial charge on any atom is -0.480 e.